The number of nitrogens with zero attached hydrogens (tertiary/aromatic N) is 7. The number of nitrogens with one attached hydrogen (secondary N) is 1. The molecule has 0 aliphatic heterocycles. The maximum Gasteiger partial charge on any atom is 0.330 e. The van der Waals surface area contributed by atoms with Crippen LogP contribution in [0.3, 0.4) is 0 Å². The molecule has 2 aromatic carbocycles. The van der Waals surface area contributed by atoms with E-state index in [4.69, 9.17) is 10.5 Å². The number of carbonyl (C=O) groups excluding carboxylic acids is 1. The van der Waals surface area contributed by atoms with Gasteiger partial charge in [0.1, 0.15) is 0 Å². The highest BCUT2D eigenvalue weighted by molar-refractivity contribution is 5.69. The number of aromatic nitrogens is 7. The Bertz CT molecular complexity index is 1180. The molecule has 2 heterocycles. The number of ether oxygens (including phenoxy) is 1. The second-order valence-corrected chi connectivity index (χ2v) is 6.59. The summed E-state index contributed by atoms with van der Waals surface area (Å²) in [5, 5.41) is 15.1. The van der Waals surface area contributed by atoms with Crippen LogP contribution in [0.5, 0.6) is 0 Å². The first-order valence-electron chi connectivity index (χ1n) is 9.38. The predicted molar refractivity (Wildman–Crippen MR) is 112 cm³/mol. The molecule has 0 spiro atoms. The Morgan fingerprint density at radius 2 is 1.84 bits per heavy atom. The third kappa shape index (κ3) is 5.35. The highest BCUT2D eigenvalue weighted by Crippen LogP contribution is 2.14. The number of esters is 1. The highest BCUT2D eigenvalue weighted by Gasteiger charge is 2.12. The first kappa shape index (κ1) is 19.9. The van der Waals surface area contributed by atoms with E-state index in [9.17, 15) is 4.79 Å². The molecule has 0 amide bonds. The second-order valence-electron chi connectivity index (χ2n) is 6.59. The van der Waals surface area contributed by atoms with Gasteiger partial charge in [0.25, 0.3) is 0 Å². The third-order valence-corrected chi connectivity index (χ3v) is 4.12. The Morgan fingerprint density at radius 1 is 1.06 bits per heavy atom. The molecule has 0 aliphatic rings. The fourth-order valence-electron chi connectivity index (χ4n) is 2.64. The summed E-state index contributed by atoms with van der Waals surface area (Å²) in [6, 6.07) is 17.0. The summed E-state index contributed by atoms with van der Waals surface area (Å²) in [6.07, 6.45) is 0. The zero-order valence-electron chi connectivity index (χ0n) is 16.6. The summed E-state index contributed by atoms with van der Waals surface area (Å²) in [7, 11) is 0. The summed E-state index contributed by atoms with van der Waals surface area (Å²) in [6.45, 7) is 1.62. The van der Waals surface area contributed by atoms with E-state index in [1.165, 1.54) is 4.80 Å². The van der Waals surface area contributed by atoms with Crippen LogP contribution < -0.4 is 11.1 Å². The predicted octanol–water partition coefficient (Wildman–Crippen LogP) is 1.90. The van der Waals surface area contributed by atoms with Crippen molar-refractivity contribution in [2.75, 3.05) is 11.1 Å². The molecular formula is C20H19N9O2. The number of para-hydroxylation sites is 1. The van der Waals surface area contributed by atoms with Gasteiger partial charge in [0.05, 0.1) is 0 Å². The van der Waals surface area contributed by atoms with Crippen LogP contribution in [0, 0.1) is 6.92 Å². The molecule has 11 nitrogen and oxygen atoms in total. The minimum atomic E-state index is -0.565. The van der Waals surface area contributed by atoms with Gasteiger partial charge in [-0.1, -0.05) is 48.0 Å². The molecule has 0 atom stereocenters. The van der Waals surface area contributed by atoms with E-state index in [0.717, 1.165) is 16.8 Å². The van der Waals surface area contributed by atoms with Crippen LogP contribution >= 0.6 is 0 Å². The van der Waals surface area contributed by atoms with E-state index in [0.29, 0.717) is 5.82 Å². The molecule has 156 valence electrons. The summed E-state index contributed by atoms with van der Waals surface area (Å²) in [5.41, 5.74) is 8.46. The lowest BCUT2D eigenvalue weighted by Gasteiger charge is -2.07. The van der Waals surface area contributed by atoms with Crippen LogP contribution in [0.2, 0.25) is 0 Å². The van der Waals surface area contributed by atoms with Crippen molar-refractivity contribution in [3.8, 4) is 11.4 Å². The van der Waals surface area contributed by atoms with Gasteiger partial charge in [-0.25, -0.2) is 4.79 Å². The summed E-state index contributed by atoms with van der Waals surface area (Å²) in [4.78, 5) is 25.6. The Balaban J connectivity index is 1.35. The third-order valence-electron chi connectivity index (χ3n) is 4.12. The van der Waals surface area contributed by atoms with Gasteiger partial charge < -0.3 is 15.8 Å². The van der Waals surface area contributed by atoms with Crippen molar-refractivity contribution in [2.24, 2.45) is 0 Å². The van der Waals surface area contributed by atoms with Crippen molar-refractivity contribution in [3.05, 3.63) is 66.0 Å². The molecule has 0 aliphatic carbocycles. The van der Waals surface area contributed by atoms with Crippen molar-refractivity contribution < 1.29 is 9.53 Å². The largest absolute Gasteiger partial charge is 0.456 e. The maximum absolute atomic E-state index is 12.2. The molecule has 0 unspecified atom stereocenters. The van der Waals surface area contributed by atoms with Crippen LogP contribution in [-0.2, 0) is 22.7 Å². The van der Waals surface area contributed by atoms with Gasteiger partial charge >= 0.3 is 5.97 Å². The van der Waals surface area contributed by atoms with Gasteiger partial charge in [0, 0.05) is 11.3 Å². The van der Waals surface area contributed by atoms with Crippen molar-refractivity contribution in [3.63, 3.8) is 0 Å². The highest BCUT2D eigenvalue weighted by atomic mass is 16.5. The van der Waals surface area contributed by atoms with Crippen molar-refractivity contribution in [1.82, 2.24) is 35.2 Å². The van der Waals surface area contributed by atoms with Crippen molar-refractivity contribution >= 4 is 23.6 Å². The average Bonchev–Trinajstić information content (AvgIpc) is 3.21. The first-order chi connectivity index (χ1) is 15.0. The Hall–Kier alpha value is -4.41. The lowest BCUT2D eigenvalue weighted by molar-refractivity contribution is -0.146. The minimum absolute atomic E-state index is 0.0140. The van der Waals surface area contributed by atoms with Gasteiger partial charge in [0.15, 0.2) is 19.0 Å². The number of anilines is 3. The number of nitrogen functional groups attached to an aromatic ring is 1. The SMILES string of the molecule is Cc1ccc(-c2nnn(CC(=O)OCc3nc(N)nc(Nc4ccccc4)n3)n2)cc1. The van der Waals surface area contributed by atoms with Crippen LogP contribution in [0.1, 0.15) is 11.4 Å². The van der Waals surface area contributed by atoms with Gasteiger partial charge in [-0.3, -0.25) is 0 Å². The normalized spacial score (nSPS) is 10.6. The summed E-state index contributed by atoms with van der Waals surface area (Å²) >= 11 is 0. The lowest BCUT2D eigenvalue weighted by atomic mass is 10.1. The number of nitrogens with two attached hydrogens (primary N) is 1. The summed E-state index contributed by atoms with van der Waals surface area (Å²) in [5.74, 6) is 0.343. The van der Waals surface area contributed by atoms with Crippen molar-refractivity contribution in [2.45, 2.75) is 20.1 Å². The minimum Gasteiger partial charge on any atom is -0.456 e. The Labute approximate surface area is 177 Å². The molecule has 3 N–H and O–H groups in total. The molecule has 0 bridgehead atoms. The van der Waals surface area contributed by atoms with E-state index in [2.05, 4.69) is 35.7 Å². The van der Waals surface area contributed by atoms with Gasteiger partial charge in [-0.2, -0.15) is 19.7 Å². The molecule has 4 aromatic rings. The topological polar surface area (TPSA) is 147 Å². The Morgan fingerprint density at radius 3 is 2.61 bits per heavy atom. The summed E-state index contributed by atoms with van der Waals surface area (Å²) < 4.78 is 5.22. The fourth-order valence-corrected chi connectivity index (χ4v) is 2.64. The molecule has 0 saturated heterocycles. The fraction of sp³-hybridized carbons (Fsp3) is 0.150. The van der Waals surface area contributed by atoms with Gasteiger partial charge in [0.2, 0.25) is 17.7 Å². The van der Waals surface area contributed by atoms with E-state index in [-0.39, 0.29) is 30.9 Å². The zero-order valence-corrected chi connectivity index (χ0v) is 16.6. The molecule has 31 heavy (non-hydrogen) atoms. The number of hydrogen-bond donors (Lipinski definition) is 2. The Kier molecular flexibility index (Phi) is 5.74. The number of benzene rings is 2. The van der Waals surface area contributed by atoms with Crippen molar-refractivity contribution in [1.29, 1.82) is 0 Å². The van der Waals surface area contributed by atoms with Crippen LogP contribution in [0.25, 0.3) is 11.4 Å². The average molecular weight is 417 g/mol. The van der Waals surface area contributed by atoms with Crippen LogP contribution in [0.4, 0.5) is 17.6 Å². The standard InChI is InChI=1S/C20H19N9O2/c1-13-7-9-14(10-8-13)18-26-28-29(27-18)11-17(30)31-12-16-23-19(21)25-20(24-16)22-15-5-3-2-4-6-15/h2-10H,11-12H2,1H3,(H3,21,22,23,24,25). The number of hydrogen-bond acceptors (Lipinski definition) is 10. The van der Waals surface area contributed by atoms with E-state index in [1.54, 1.807) is 0 Å². The zero-order chi connectivity index (χ0) is 21.6. The number of carbonyl (C=O) groups is 1. The van der Waals surface area contributed by atoms with E-state index >= 15 is 0 Å². The number of tetrazole rings is 1. The monoisotopic (exact) mass is 417 g/mol. The smallest absolute Gasteiger partial charge is 0.330 e. The van der Waals surface area contributed by atoms with Crippen LogP contribution in [-0.4, -0.2) is 41.1 Å². The number of rotatable bonds is 7. The molecule has 11 heteroatoms. The van der Waals surface area contributed by atoms with Gasteiger partial charge in [-0.05, 0) is 24.3 Å². The lowest BCUT2D eigenvalue weighted by Crippen LogP contribution is -2.17. The molecule has 0 saturated carbocycles. The van der Waals surface area contributed by atoms with E-state index in [1.807, 2.05) is 61.5 Å². The first-order valence-corrected chi connectivity index (χ1v) is 9.38. The van der Waals surface area contributed by atoms with E-state index < -0.39 is 5.97 Å². The maximum atomic E-state index is 12.2. The second kappa shape index (κ2) is 8.95. The molecule has 0 fully saturated rings. The van der Waals surface area contributed by atoms with Gasteiger partial charge in [-0.15, -0.1) is 10.2 Å². The van der Waals surface area contributed by atoms with Crippen LogP contribution in [0.15, 0.2) is 54.6 Å². The molecular weight excluding hydrogens is 398 g/mol. The quantitative estimate of drug-likeness (QED) is 0.427. The molecule has 0 radical (unpaired) electrons. The molecule has 2 aromatic heterocycles. The number of aryl methyl sites for hydroxylation is 1. The molecule has 4 rings (SSSR count).